The molecule has 0 heterocycles. The van der Waals surface area contributed by atoms with Crippen molar-refractivity contribution in [3.05, 3.63) is 34.4 Å². The van der Waals surface area contributed by atoms with Crippen molar-refractivity contribution in [3.63, 3.8) is 0 Å². The number of aldehydes is 1. The smallest absolute Gasteiger partial charge is 0.153 e. The summed E-state index contributed by atoms with van der Waals surface area (Å²) < 4.78 is 5.58. The van der Waals surface area contributed by atoms with Gasteiger partial charge >= 0.3 is 0 Å². The van der Waals surface area contributed by atoms with Gasteiger partial charge in [0.05, 0.1) is 12.7 Å². The number of carbonyl (C=O) groups is 1. The Morgan fingerprint density at radius 1 is 1.15 bits per heavy atom. The second-order valence-corrected chi connectivity index (χ2v) is 5.43. The van der Waals surface area contributed by atoms with Crippen LogP contribution in [0.3, 0.4) is 0 Å². The lowest BCUT2D eigenvalue weighted by atomic mass is 9.88. The van der Waals surface area contributed by atoms with Crippen molar-refractivity contribution in [1.29, 1.82) is 0 Å². The van der Waals surface area contributed by atoms with E-state index in [4.69, 9.17) is 4.74 Å². The lowest BCUT2D eigenvalue weighted by Gasteiger charge is -2.20. The zero-order chi connectivity index (χ0) is 15.0. The Hall–Kier alpha value is -2.03. The Morgan fingerprint density at radius 2 is 1.80 bits per heavy atom. The van der Waals surface area contributed by atoms with E-state index in [1.54, 1.807) is 19.2 Å². The summed E-state index contributed by atoms with van der Waals surface area (Å²) in [5.74, 6) is 1.15. The minimum atomic E-state index is 0.0230. The summed E-state index contributed by atoms with van der Waals surface area (Å²) in [5, 5.41) is 11.9. The largest absolute Gasteiger partial charge is 0.507 e. The fraction of sp³-hybridized carbons (Fsp3) is 0.353. The number of fused-ring (bicyclic) bond motifs is 1. The minimum Gasteiger partial charge on any atom is -0.507 e. The molecule has 0 bridgehead atoms. The van der Waals surface area contributed by atoms with Gasteiger partial charge in [0.2, 0.25) is 0 Å². The van der Waals surface area contributed by atoms with Gasteiger partial charge in [0.1, 0.15) is 11.5 Å². The molecule has 0 aliphatic rings. The average molecular weight is 272 g/mol. The van der Waals surface area contributed by atoms with Crippen molar-refractivity contribution in [3.8, 4) is 11.5 Å². The fourth-order valence-electron chi connectivity index (χ4n) is 2.77. The summed E-state index contributed by atoms with van der Waals surface area (Å²) >= 11 is 0. The maximum Gasteiger partial charge on any atom is 0.153 e. The zero-order valence-corrected chi connectivity index (χ0v) is 12.6. The Morgan fingerprint density at radius 3 is 2.30 bits per heavy atom. The predicted octanol–water partition coefficient (Wildman–Crippen LogP) is 4.11. The molecule has 0 aliphatic carbocycles. The highest BCUT2D eigenvalue weighted by Gasteiger charge is 2.19. The van der Waals surface area contributed by atoms with Crippen LogP contribution in [0.15, 0.2) is 12.1 Å². The lowest BCUT2D eigenvalue weighted by Crippen LogP contribution is -2.01. The number of aromatic hydroxyl groups is 1. The molecule has 0 aromatic heterocycles. The second-order valence-electron chi connectivity index (χ2n) is 5.43. The summed E-state index contributed by atoms with van der Waals surface area (Å²) in [6.45, 7) is 8.22. The number of hydrogen-bond donors (Lipinski definition) is 1. The molecular formula is C17H20O3. The van der Waals surface area contributed by atoms with E-state index in [9.17, 15) is 9.90 Å². The van der Waals surface area contributed by atoms with Gasteiger partial charge in [-0.1, -0.05) is 13.8 Å². The highest BCUT2D eigenvalue weighted by Crippen LogP contribution is 2.41. The first-order valence-corrected chi connectivity index (χ1v) is 6.71. The maximum atomic E-state index is 11.1. The average Bonchev–Trinajstić information content (AvgIpc) is 2.42. The van der Waals surface area contributed by atoms with Gasteiger partial charge in [-0.05, 0) is 53.8 Å². The van der Waals surface area contributed by atoms with Gasteiger partial charge in [-0.3, -0.25) is 4.79 Å². The van der Waals surface area contributed by atoms with E-state index in [-0.39, 0.29) is 11.7 Å². The minimum absolute atomic E-state index is 0.0230. The van der Waals surface area contributed by atoms with Crippen LogP contribution < -0.4 is 4.74 Å². The van der Waals surface area contributed by atoms with Crippen molar-refractivity contribution in [2.24, 2.45) is 0 Å². The molecule has 0 spiro atoms. The van der Waals surface area contributed by atoms with E-state index in [0.717, 1.165) is 33.2 Å². The summed E-state index contributed by atoms with van der Waals surface area (Å²) in [6, 6.07) is 3.43. The van der Waals surface area contributed by atoms with Crippen LogP contribution in [-0.2, 0) is 0 Å². The SMILES string of the molecule is COc1c(C)c(C)c2cc(O)c(C=O)cc2c1C(C)C. The molecule has 1 N–H and O–H groups in total. The number of benzene rings is 2. The first-order chi connectivity index (χ1) is 9.42. The van der Waals surface area contributed by atoms with E-state index in [1.165, 1.54) is 0 Å². The van der Waals surface area contributed by atoms with Crippen molar-refractivity contribution in [2.45, 2.75) is 33.6 Å². The number of ether oxygens (including phenoxy) is 1. The Bertz CT molecular complexity index is 685. The quantitative estimate of drug-likeness (QED) is 0.855. The number of rotatable bonds is 3. The summed E-state index contributed by atoms with van der Waals surface area (Å²) in [7, 11) is 1.67. The van der Waals surface area contributed by atoms with Crippen LogP contribution in [0.4, 0.5) is 0 Å². The number of hydrogen-bond acceptors (Lipinski definition) is 3. The van der Waals surface area contributed by atoms with Gasteiger partial charge in [-0.15, -0.1) is 0 Å². The zero-order valence-electron chi connectivity index (χ0n) is 12.6. The molecule has 0 radical (unpaired) electrons. The summed E-state index contributed by atoms with van der Waals surface area (Å²) in [6.07, 6.45) is 0.681. The van der Waals surface area contributed by atoms with E-state index >= 15 is 0 Å². The number of methoxy groups -OCH3 is 1. The first kappa shape index (κ1) is 14.4. The monoisotopic (exact) mass is 272 g/mol. The highest BCUT2D eigenvalue weighted by molar-refractivity contribution is 5.98. The van der Waals surface area contributed by atoms with Gasteiger partial charge < -0.3 is 9.84 Å². The molecule has 0 saturated heterocycles. The molecule has 0 fully saturated rings. The topological polar surface area (TPSA) is 46.5 Å². The van der Waals surface area contributed by atoms with Crippen molar-refractivity contribution < 1.29 is 14.6 Å². The molecule has 0 atom stereocenters. The Kier molecular flexibility index (Phi) is 3.71. The van der Waals surface area contributed by atoms with Gasteiger partial charge in [-0.2, -0.15) is 0 Å². The Labute approximate surface area is 119 Å². The third-order valence-electron chi connectivity index (χ3n) is 3.92. The molecule has 3 nitrogen and oxygen atoms in total. The summed E-state index contributed by atoms with van der Waals surface area (Å²) in [5.41, 5.74) is 3.52. The number of phenolic OH excluding ortho intramolecular Hbond substituents is 1. The van der Waals surface area contributed by atoms with Crippen molar-refractivity contribution in [2.75, 3.05) is 7.11 Å². The molecule has 2 aromatic carbocycles. The first-order valence-electron chi connectivity index (χ1n) is 6.71. The number of phenols is 1. The molecule has 0 amide bonds. The fourth-order valence-corrected chi connectivity index (χ4v) is 2.77. The van der Waals surface area contributed by atoms with Crippen LogP contribution in [0.25, 0.3) is 10.8 Å². The van der Waals surface area contributed by atoms with Crippen LogP contribution in [0, 0.1) is 13.8 Å². The van der Waals surface area contributed by atoms with Crippen LogP contribution in [-0.4, -0.2) is 18.5 Å². The van der Waals surface area contributed by atoms with Gasteiger partial charge in [0, 0.05) is 5.56 Å². The molecule has 2 rings (SSSR count). The molecule has 106 valence electrons. The van der Waals surface area contributed by atoms with Crippen LogP contribution in [0.5, 0.6) is 11.5 Å². The maximum absolute atomic E-state index is 11.1. The molecular weight excluding hydrogens is 252 g/mol. The number of carbonyl (C=O) groups excluding carboxylic acids is 1. The van der Waals surface area contributed by atoms with Crippen molar-refractivity contribution >= 4 is 17.1 Å². The molecule has 2 aromatic rings. The third-order valence-corrected chi connectivity index (χ3v) is 3.92. The molecule has 3 heteroatoms. The molecule has 0 saturated carbocycles. The van der Waals surface area contributed by atoms with Crippen LogP contribution >= 0.6 is 0 Å². The Balaban J connectivity index is 3.03. The normalized spacial score (nSPS) is 11.1. The van der Waals surface area contributed by atoms with Gasteiger partial charge in [0.15, 0.2) is 6.29 Å². The standard InChI is InChI=1S/C17H20O3/c1-9(2)16-14-6-12(8-18)15(19)7-13(14)10(3)11(4)17(16)20-5/h6-9,19H,1-5H3. The number of aryl methyl sites for hydroxylation is 1. The van der Waals surface area contributed by atoms with Gasteiger partial charge in [-0.25, -0.2) is 0 Å². The highest BCUT2D eigenvalue weighted by atomic mass is 16.5. The lowest BCUT2D eigenvalue weighted by molar-refractivity contribution is 0.112. The summed E-state index contributed by atoms with van der Waals surface area (Å²) in [4.78, 5) is 11.1. The van der Waals surface area contributed by atoms with E-state index in [2.05, 4.69) is 13.8 Å². The molecule has 0 unspecified atom stereocenters. The van der Waals surface area contributed by atoms with E-state index in [1.807, 2.05) is 13.8 Å². The van der Waals surface area contributed by atoms with Crippen LogP contribution in [0.2, 0.25) is 0 Å². The van der Waals surface area contributed by atoms with Gasteiger partial charge in [0.25, 0.3) is 0 Å². The second kappa shape index (κ2) is 5.16. The van der Waals surface area contributed by atoms with E-state index in [0.29, 0.717) is 11.8 Å². The molecule has 20 heavy (non-hydrogen) atoms. The molecule has 0 aliphatic heterocycles. The third kappa shape index (κ3) is 2.03. The predicted molar refractivity (Wildman–Crippen MR) is 81.1 cm³/mol. The van der Waals surface area contributed by atoms with Crippen LogP contribution in [0.1, 0.15) is 46.8 Å². The van der Waals surface area contributed by atoms with Crippen molar-refractivity contribution in [1.82, 2.24) is 0 Å². The van der Waals surface area contributed by atoms with E-state index < -0.39 is 0 Å².